The van der Waals surface area contributed by atoms with Gasteiger partial charge in [-0.3, -0.25) is 4.98 Å². The fraction of sp³-hybridized carbons (Fsp3) is 0.267. The molecule has 110 valence electrons. The molecule has 0 aliphatic carbocycles. The highest BCUT2D eigenvalue weighted by molar-refractivity contribution is 7.89. The van der Waals surface area contributed by atoms with Crippen LogP contribution in [0.5, 0.6) is 5.75 Å². The average Bonchev–Trinajstić information content (AvgIpc) is 3.03. The Bertz CT molecular complexity index is 753. The molecule has 0 unspecified atom stereocenters. The molecule has 1 N–H and O–H groups in total. The van der Waals surface area contributed by atoms with E-state index in [0.717, 1.165) is 12.8 Å². The van der Waals surface area contributed by atoms with Crippen LogP contribution in [0.15, 0.2) is 47.5 Å². The van der Waals surface area contributed by atoms with Crippen LogP contribution < -0.4 is 0 Å². The lowest BCUT2D eigenvalue weighted by molar-refractivity contribution is 0.474. The van der Waals surface area contributed by atoms with Crippen molar-refractivity contribution < 1.29 is 13.5 Å². The lowest BCUT2D eigenvalue weighted by Gasteiger charge is -2.16. The van der Waals surface area contributed by atoms with Crippen LogP contribution in [0, 0.1) is 0 Å². The molecule has 1 aromatic carbocycles. The van der Waals surface area contributed by atoms with Crippen molar-refractivity contribution in [2.24, 2.45) is 0 Å². The van der Waals surface area contributed by atoms with Crippen LogP contribution in [0.3, 0.4) is 0 Å². The van der Waals surface area contributed by atoms with E-state index in [1.165, 1.54) is 10.4 Å². The summed E-state index contributed by atoms with van der Waals surface area (Å²) in [5.41, 5.74) is 0.976. The third-order valence-corrected chi connectivity index (χ3v) is 5.49. The number of pyridine rings is 1. The van der Waals surface area contributed by atoms with Crippen LogP contribution in [0.4, 0.5) is 0 Å². The van der Waals surface area contributed by atoms with Gasteiger partial charge >= 0.3 is 0 Å². The molecule has 5 nitrogen and oxygen atoms in total. The predicted molar refractivity (Wildman–Crippen MR) is 79.3 cm³/mol. The smallest absolute Gasteiger partial charge is 0.243 e. The number of nitrogens with zero attached hydrogens (tertiary/aromatic N) is 2. The minimum Gasteiger partial charge on any atom is -0.506 e. The van der Waals surface area contributed by atoms with Gasteiger partial charge in [0.2, 0.25) is 10.0 Å². The summed E-state index contributed by atoms with van der Waals surface area (Å²) in [5, 5.41) is 9.85. The summed E-state index contributed by atoms with van der Waals surface area (Å²) in [7, 11) is -3.46. The van der Waals surface area contributed by atoms with Gasteiger partial charge in [-0.25, -0.2) is 8.42 Å². The van der Waals surface area contributed by atoms with Crippen molar-refractivity contribution in [3.05, 3.63) is 42.6 Å². The highest BCUT2D eigenvalue weighted by atomic mass is 32.2. The Morgan fingerprint density at radius 1 is 1.10 bits per heavy atom. The zero-order valence-electron chi connectivity index (χ0n) is 11.4. The zero-order chi connectivity index (χ0) is 14.9. The first-order valence-corrected chi connectivity index (χ1v) is 8.27. The Labute approximate surface area is 123 Å². The standard InChI is InChI=1S/C15H16N2O3S/c18-14-7-4-8-16-15(14)12-5-3-6-13(11-12)21(19,20)17-9-1-2-10-17/h3-8,11,18H,1-2,9-10H2. The van der Waals surface area contributed by atoms with Crippen LogP contribution in [-0.2, 0) is 10.0 Å². The molecule has 0 radical (unpaired) electrons. The van der Waals surface area contributed by atoms with Gasteiger partial charge in [0, 0.05) is 24.8 Å². The molecule has 1 aliphatic rings. The van der Waals surface area contributed by atoms with E-state index in [1.54, 1.807) is 36.5 Å². The average molecular weight is 304 g/mol. The van der Waals surface area contributed by atoms with Crippen molar-refractivity contribution in [3.8, 4) is 17.0 Å². The van der Waals surface area contributed by atoms with E-state index < -0.39 is 10.0 Å². The second-order valence-electron chi connectivity index (χ2n) is 5.01. The number of hydrogen-bond donors (Lipinski definition) is 1. The van der Waals surface area contributed by atoms with E-state index in [1.807, 2.05) is 0 Å². The highest BCUT2D eigenvalue weighted by Crippen LogP contribution is 2.29. The van der Waals surface area contributed by atoms with Crippen molar-refractivity contribution in [3.63, 3.8) is 0 Å². The fourth-order valence-corrected chi connectivity index (χ4v) is 4.06. The van der Waals surface area contributed by atoms with Gasteiger partial charge in [0.15, 0.2) is 0 Å². The first kappa shape index (κ1) is 14.0. The number of aromatic nitrogens is 1. The molecular weight excluding hydrogens is 288 g/mol. The quantitative estimate of drug-likeness (QED) is 0.944. The van der Waals surface area contributed by atoms with E-state index in [2.05, 4.69) is 4.98 Å². The molecule has 0 atom stereocenters. The van der Waals surface area contributed by atoms with Gasteiger partial charge in [0.1, 0.15) is 11.4 Å². The lowest BCUT2D eigenvalue weighted by atomic mass is 10.1. The SMILES string of the molecule is O=S(=O)(c1cccc(-c2ncccc2O)c1)N1CCCC1. The van der Waals surface area contributed by atoms with Crippen molar-refractivity contribution in [1.82, 2.24) is 9.29 Å². The minimum absolute atomic E-state index is 0.0354. The summed E-state index contributed by atoms with van der Waals surface area (Å²) >= 11 is 0. The Morgan fingerprint density at radius 3 is 2.57 bits per heavy atom. The molecule has 6 heteroatoms. The number of sulfonamides is 1. The number of hydrogen-bond acceptors (Lipinski definition) is 4. The number of aromatic hydroxyl groups is 1. The largest absolute Gasteiger partial charge is 0.506 e. The molecule has 1 aliphatic heterocycles. The second kappa shape index (κ2) is 5.46. The van der Waals surface area contributed by atoms with Crippen molar-refractivity contribution >= 4 is 10.0 Å². The molecule has 1 saturated heterocycles. The van der Waals surface area contributed by atoms with Crippen LogP contribution in [0.2, 0.25) is 0 Å². The summed E-state index contributed by atoms with van der Waals surface area (Å²) in [5.74, 6) is 0.0354. The molecule has 21 heavy (non-hydrogen) atoms. The zero-order valence-corrected chi connectivity index (χ0v) is 12.3. The maximum atomic E-state index is 12.5. The van der Waals surface area contributed by atoms with Gasteiger partial charge in [-0.15, -0.1) is 0 Å². The van der Waals surface area contributed by atoms with Crippen LogP contribution in [-0.4, -0.2) is 35.9 Å². The lowest BCUT2D eigenvalue weighted by Crippen LogP contribution is -2.27. The summed E-state index contributed by atoms with van der Waals surface area (Å²) in [6, 6.07) is 9.72. The Balaban J connectivity index is 2.03. The van der Waals surface area contributed by atoms with Gasteiger partial charge < -0.3 is 5.11 Å². The molecule has 0 bridgehead atoms. The Morgan fingerprint density at radius 2 is 1.86 bits per heavy atom. The molecular formula is C15H16N2O3S. The van der Waals surface area contributed by atoms with Gasteiger partial charge in [-0.2, -0.15) is 4.31 Å². The molecule has 2 heterocycles. The maximum absolute atomic E-state index is 12.5. The number of benzene rings is 1. The van der Waals surface area contributed by atoms with E-state index in [9.17, 15) is 13.5 Å². The summed E-state index contributed by atoms with van der Waals surface area (Å²) in [6.45, 7) is 1.14. The van der Waals surface area contributed by atoms with E-state index in [0.29, 0.717) is 24.3 Å². The monoisotopic (exact) mass is 304 g/mol. The molecule has 0 spiro atoms. The first-order valence-electron chi connectivity index (χ1n) is 6.83. The van der Waals surface area contributed by atoms with Gasteiger partial charge in [-0.05, 0) is 37.1 Å². The topological polar surface area (TPSA) is 70.5 Å². The predicted octanol–water partition coefficient (Wildman–Crippen LogP) is 2.24. The van der Waals surface area contributed by atoms with Crippen molar-refractivity contribution in [2.45, 2.75) is 17.7 Å². The third kappa shape index (κ3) is 2.64. The Hall–Kier alpha value is -1.92. The van der Waals surface area contributed by atoms with Crippen molar-refractivity contribution in [1.29, 1.82) is 0 Å². The molecule has 1 aromatic heterocycles. The number of rotatable bonds is 3. The molecule has 3 rings (SSSR count). The minimum atomic E-state index is -3.46. The summed E-state index contributed by atoms with van der Waals surface area (Å²) < 4.78 is 26.6. The fourth-order valence-electron chi connectivity index (χ4n) is 2.50. The molecule has 0 saturated carbocycles. The normalized spacial score (nSPS) is 16.2. The molecule has 0 amide bonds. The van der Waals surface area contributed by atoms with E-state index >= 15 is 0 Å². The highest BCUT2D eigenvalue weighted by Gasteiger charge is 2.27. The van der Waals surface area contributed by atoms with Crippen molar-refractivity contribution in [2.75, 3.05) is 13.1 Å². The third-order valence-electron chi connectivity index (χ3n) is 3.60. The summed E-state index contributed by atoms with van der Waals surface area (Å²) in [6.07, 6.45) is 3.37. The van der Waals surface area contributed by atoms with Crippen LogP contribution >= 0.6 is 0 Å². The maximum Gasteiger partial charge on any atom is 0.243 e. The second-order valence-corrected chi connectivity index (χ2v) is 6.95. The molecule has 2 aromatic rings. The van der Waals surface area contributed by atoms with Crippen LogP contribution in [0.25, 0.3) is 11.3 Å². The Kier molecular flexibility index (Phi) is 3.65. The van der Waals surface area contributed by atoms with Gasteiger partial charge in [0.05, 0.1) is 4.90 Å². The van der Waals surface area contributed by atoms with Gasteiger partial charge in [-0.1, -0.05) is 12.1 Å². The van der Waals surface area contributed by atoms with Gasteiger partial charge in [0.25, 0.3) is 0 Å². The van der Waals surface area contributed by atoms with E-state index in [-0.39, 0.29) is 10.6 Å². The molecule has 1 fully saturated rings. The summed E-state index contributed by atoms with van der Waals surface area (Å²) in [4.78, 5) is 4.35. The van der Waals surface area contributed by atoms with E-state index in [4.69, 9.17) is 0 Å². The van der Waals surface area contributed by atoms with Crippen LogP contribution in [0.1, 0.15) is 12.8 Å². The first-order chi connectivity index (χ1) is 10.1.